The summed E-state index contributed by atoms with van der Waals surface area (Å²) in [7, 11) is 0. The SMILES string of the molecule is CCc1nc2cc(N3CCCC(C(=O)NCc4cccnc4)C3)cnc2nc1CC. The molecule has 30 heavy (non-hydrogen) atoms. The number of carbonyl (C=O) groups excluding carboxylic acids is 1. The Morgan fingerprint density at radius 1 is 1.20 bits per heavy atom. The van der Waals surface area contributed by atoms with Crippen LogP contribution in [0.2, 0.25) is 0 Å². The fourth-order valence-corrected chi connectivity index (χ4v) is 4.01. The lowest BCUT2D eigenvalue weighted by Crippen LogP contribution is -2.43. The van der Waals surface area contributed by atoms with Gasteiger partial charge in [0.2, 0.25) is 5.91 Å². The molecule has 4 heterocycles. The molecule has 0 bridgehead atoms. The van der Waals surface area contributed by atoms with Crippen LogP contribution in [0.1, 0.15) is 43.6 Å². The van der Waals surface area contributed by atoms with E-state index in [1.165, 1.54) is 0 Å². The quantitative estimate of drug-likeness (QED) is 0.680. The van der Waals surface area contributed by atoms with Crippen LogP contribution >= 0.6 is 0 Å². The number of carbonyl (C=O) groups is 1. The fourth-order valence-electron chi connectivity index (χ4n) is 4.01. The third kappa shape index (κ3) is 4.40. The first-order valence-corrected chi connectivity index (χ1v) is 10.7. The molecular weight excluding hydrogens is 376 g/mol. The smallest absolute Gasteiger partial charge is 0.225 e. The van der Waals surface area contributed by atoms with Crippen molar-refractivity contribution in [2.75, 3.05) is 18.0 Å². The molecule has 1 amide bonds. The summed E-state index contributed by atoms with van der Waals surface area (Å²) in [5, 5.41) is 3.05. The average Bonchev–Trinajstić information content (AvgIpc) is 2.82. The number of pyridine rings is 2. The molecule has 3 aromatic rings. The van der Waals surface area contributed by atoms with Crippen molar-refractivity contribution in [1.82, 2.24) is 25.3 Å². The molecule has 1 fully saturated rings. The minimum Gasteiger partial charge on any atom is -0.369 e. The van der Waals surface area contributed by atoms with Crippen LogP contribution in [0.5, 0.6) is 0 Å². The Morgan fingerprint density at radius 3 is 2.80 bits per heavy atom. The van der Waals surface area contributed by atoms with Crippen molar-refractivity contribution in [3.05, 3.63) is 53.7 Å². The zero-order valence-corrected chi connectivity index (χ0v) is 17.6. The number of rotatable bonds is 6. The van der Waals surface area contributed by atoms with E-state index in [0.717, 1.165) is 60.4 Å². The van der Waals surface area contributed by atoms with E-state index in [1.807, 2.05) is 18.3 Å². The molecule has 1 aliphatic heterocycles. The van der Waals surface area contributed by atoms with Gasteiger partial charge in [-0.05, 0) is 43.4 Å². The minimum absolute atomic E-state index is 0.0362. The van der Waals surface area contributed by atoms with Gasteiger partial charge in [-0.3, -0.25) is 9.78 Å². The number of hydrogen-bond acceptors (Lipinski definition) is 6. The maximum atomic E-state index is 12.7. The Kier molecular flexibility index (Phi) is 6.16. The Balaban J connectivity index is 1.47. The number of amides is 1. The maximum Gasteiger partial charge on any atom is 0.225 e. The third-order valence-corrected chi connectivity index (χ3v) is 5.68. The molecule has 156 valence electrons. The first-order valence-electron chi connectivity index (χ1n) is 10.7. The van der Waals surface area contributed by atoms with Gasteiger partial charge in [0.1, 0.15) is 5.52 Å². The molecule has 1 saturated heterocycles. The summed E-state index contributed by atoms with van der Waals surface area (Å²) < 4.78 is 0. The maximum absolute atomic E-state index is 12.7. The van der Waals surface area contributed by atoms with Crippen LogP contribution in [0.15, 0.2) is 36.8 Å². The van der Waals surface area contributed by atoms with E-state index in [4.69, 9.17) is 4.98 Å². The summed E-state index contributed by atoms with van der Waals surface area (Å²) in [6.45, 7) is 6.31. The number of nitrogens with one attached hydrogen (secondary N) is 1. The van der Waals surface area contributed by atoms with Crippen LogP contribution in [-0.2, 0) is 24.2 Å². The zero-order chi connectivity index (χ0) is 20.9. The first-order chi connectivity index (χ1) is 14.7. The number of nitrogens with zero attached hydrogens (tertiary/aromatic N) is 5. The largest absolute Gasteiger partial charge is 0.369 e. The molecule has 0 saturated carbocycles. The summed E-state index contributed by atoms with van der Waals surface area (Å²) in [6.07, 6.45) is 8.97. The fraction of sp³-hybridized carbons (Fsp3) is 0.435. The van der Waals surface area contributed by atoms with Crippen LogP contribution in [0.3, 0.4) is 0 Å². The summed E-state index contributed by atoms with van der Waals surface area (Å²) in [5.74, 6) is 0.0591. The Hall–Kier alpha value is -3.09. The number of piperidine rings is 1. The highest BCUT2D eigenvalue weighted by Gasteiger charge is 2.26. The summed E-state index contributed by atoms with van der Waals surface area (Å²) >= 11 is 0. The molecule has 0 spiro atoms. The van der Waals surface area contributed by atoms with E-state index >= 15 is 0 Å². The van der Waals surface area contributed by atoms with E-state index in [1.54, 1.807) is 12.4 Å². The number of aromatic nitrogens is 4. The molecule has 1 atom stereocenters. The third-order valence-electron chi connectivity index (χ3n) is 5.68. The summed E-state index contributed by atoms with van der Waals surface area (Å²) in [5.41, 5.74) is 5.59. The van der Waals surface area contributed by atoms with Gasteiger partial charge in [0.25, 0.3) is 0 Å². The van der Waals surface area contributed by atoms with E-state index < -0.39 is 0 Å². The number of hydrogen-bond donors (Lipinski definition) is 1. The highest BCUT2D eigenvalue weighted by Crippen LogP contribution is 2.25. The Morgan fingerprint density at radius 2 is 2.03 bits per heavy atom. The van der Waals surface area contributed by atoms with E-state index in [2.05, 4.69) is 45.1 Å². The van der Waals surface area contributed by atoms with Crippen LogP contribution < -0.4 is 10.2 Å². The second-order valence-corrected chi connectivity index (χ2v) is 7.72. The lowest BCUT2D eigenvalue weighted by atomic mass is 9.96. The first kappa shape index (κ1) is 20.2. The van der Waals surface area contributed by atoms with Crippen LogP contribution in [0, 0.1) is 5.92 Å². The Bertz CT molecular complexity index is 1020. The van der Waals surface area contributed by atoms with Crippen LogP contribution in [0.25, 0.3) is 11.2 Å². The molecule has 0 aliphatic carbocycles. The summed E-state index contributed by atoms with van der Waals surface area (Å²) in [6, 6.07) is 5.91. The van der Waals surface area contributed by atoms with Gasteiger partial charge in [-0.25, -0.2) is 15.0 Å². The number of fused-ring (bicyclic) bond motifs is 1. The van der Waals surface area contributed by atoms with Gasteiger partial charge in [-0.15, -0.1) is 0 Å². The van der Waals surface area contributed by atoms with E-state index in [9.17, 15) is 4.79 Å². The molecule has 1 N–H and O–H groups in total. The highest BCUT2D eigenvalue weighted by molar-refractivity contribution is 5.80. The van der Waals surface area contributed by atoms with Gasteiger partial charge in [-0.1, -0.05) is 19.9 Å². The van der Waals surface area contributed by atoms with Crippen molar-refractivity contribution in [2.24, 2.45) is 5.92 Å². The van der Waals surface area contributed by atoms with E-state index in [-0.39, 0.29) is 11.8 Å². The zero-order valence-electron chi connectivity index (χ0n) is 17.6. The second-order valence-electron chi connectivity index (χ2n) is 7.72. The molecule has 4 rings (SSSR count). The molecular formula is C23H28N6O. The molecule has 1 unspecified atom stereocenters. The van der Waals surface area contributed by atoms with Crippen molar-refractivity contribution in [3.63, 3.8) is 0 Å². The van der Waals surface area contributed by atoms with Crippen molar-refractivity contribution in [3.8, 4) is 0 Å². The second kappa shape index (κ2) is 9.15. The van der Waals surface area contributed by atoms with Gasteiger partial charge in [-0.2, -0.15) is 0 Å². The average molecular weight is 405 g/mol. The highest BCUT2D eigenvalue weighted by atomic mass is 16.1. The van der Waals surface area contributed by atoms with Gasteiger partial charge < -0.3 is 10.2 Å². The van der Waals surface area contributed by atoms with Crippen LogP contribution in [-0.4, -0.2) is 38.9 Å². The lowest BCUT2D eigenvalue weighted by Gasteiger charge is -2.33. The van der Waals surface area contributed by atoms with Gasteiger partial charge in [0.15, 0.2) is 5.65 Å². The van der Waals surface area contributed by atoms with Gasteiger partial charge in [0.05, 0.1) is 29.2 Å². The molecule has 7 nitrogen and oxygen atoms in total. The van der Waals surface area contributed by atoms with Crippen molar-refractivity contribution < 1.29 is 4.79 Å². The Labute approximate surface area is 177 Å². The van der Waals surface area contributed by atoms with Crippen molar-refractivity contribution in [2.45, 2.75) is 46.1 Å². The van der Waals surface area contributed by atoms with Crippen molar-refractivity contribution >= 4 is 22.8 Å². The molecule has 0 aromatic carbocycles. The lowest BCUT2D eigenvalue weighted by molar-refractivity contribution is -0.125. The minimum atomic E-state index is -0.0362. The normalized spacial score (nSPS) is 16.6. The predicted octanol–water partition coefficient (Wildman–Crippen LogP) is 3.08. The van der Waals surface area contributed by atoms with E-state index in [0.29, 0.717) is 18.7 Å². The molecule has 0 radical (unpaired) electrons. The van der Waals surface area contributed by atoms with Crippen LogP contribution in [0.4, 0.5) is 5.69 Å². The van der Waals surface area contributed by atoms with Crippen molar-refractivity contribution in [1.29, 1.82) is 0 Å². The number of anilines is 1. The standard InChI is InChI=1S/C23H28N6O/c1-3-19-20(4-2)28-22-21(27-19)11-18(14-25-22)29-10-6-8-17(15-29)23(30)26-13-16-7-5-9-24-12-16/h5,7,9,11-12,14,17H,3-4,6,8,10,13,15H2,1-2H3,(H,26,30). The summed E-state index contributed by atoms with van der Waals surface area (Å²) in [4.78, 5) is 33.1. The monoisotopic (exact) mass is 404 g/mol. The molecule has 7 heteroatoms. The number of aryl methyl sites for hydroxylation is 2. The van der Waals surface area contributed by atoms with Gasteiger partial charge in [0, 0.05) is 32.0 Å². The molecule has 1 aliphatic rings. The van der Waals surface area contributed by atoms with Gasteiger partial charge >= 0.3 is 0 Å². The topological polar surface area (TPSA) is 83.9 Å². The predicted molar refractivity (Wildman–Crippen MR) is 117 cm³/mol. The molecule has 3 aromatic heterocycles.